The van der Waals surface area contributed by atoms with Crippen LogP contribution in [0.2, 0.25) is 0 Å². The fraction of sp³-hybridized carbons (Fsp3) is 0.542. The van der Waals surface area contributed by atoms with Crippen molar-refractivity contribution < 1.29 is 38.8 Å². The van der Waals surface area contributed by atoms with Gasteiger partial charge < -0.3 is 29.3 Å². The second-order valence-corrected chi connectivity index (χ2v) is 9.43. The van der Waals surface area contributed by atoms with E-state index in [4.69, 9.17) is 14.2 Å². The zero-order chi connectivity index (χ0) is 23.8. The van der Waals surface area contributed by atoms with E-state index < -0.39 is 54.2 Å². The molecule has 9 nitrogen and oxygen atoms in total. The first kappa shape index (κ1) is 22.2. The second kappa shape index (κ2) is 7.73. The Morgan fingerprint density at radius 3 is 2.45 bits per heavy atom. The van der Waals surface area contributed by atoms with Crippen molar-refractivity contribution in [2.75, 3.05) is 14.1 Å². The van der Waals surface area contributed by atoms with Gasteiger partial charge in [-0.2, -0.15) is 0 Å². The molecule has 0 radical (unpaired) electrons. The molecule has 33 heavy (non-hydrogen) atoms. The van der Waals surface area contributed by atoms with E-state index in [2.05, 4.69) is 0 Å². The van der Waals surface area contributed by atoms with Crippen LogP contribution in [0.5, 0.6) is 5.75 Å². The van der Waals surface area contributed by atoms with Crippen LogP contribution in [-0.4, -0.2) is 83.3 Å². The Kier molecular flexibility index (Phi) is 5.20. The van der Waals surface area contributed by atoms with E-state index in [-0.39, 0.29) is 40.5 Å². The molecule has 4 aliphatic rings. The van der Waals surface area contributed by atoms with Gasteiger partial charge in [0.2, 0.25) is 0 Å². The number of ketones is 2. The minimum atomic E-state index is -0.917. The monoisotopic (exact) mass is 457 g/mol. The fourth-order valence-corrected chi connectivity index (χ4v) is 5.51. The van der Waals surface area contributed by atoms with Crippen molar-refractivity contribution >= 4 is 17.5 Å². The third-order valence-electron chi connectivity index (χ3n) is 7.21. The van der Waals surface area contributed by atoms with Crippen molar-refractivity contribution in [1.29, 1.82) is 0 Å². The summed E-state index contributed by atoms with van der Waals surface area (Å²) in [6, 6.07) is 2.90. The van der Waals surface area contributed by atoms with Gasteiger partial charge >= 0.3 is 5.97 Å². The Hall–Kier alpha value is -2.59. The number of carbonyl (C=O) groups excluding carboxylic acids is 3. The van der Waals surface area contributed by atoms with E-state index in [0.29, 0.717) is 12.0 Å². The maximum absolute atomic E-state index is 13.5. The summed E-state index contributed by atoms with van der Waals surface area (Å²) < 4.78 is 17.1. The maximum Gasteiger partial charge on any atom is 0.309 e. The number of rotatable bonds is 2. The summed E-state index contributed by atoms with van der Waals surface area (Å²) in [5, 5.41) is 21.7. The van der Waals surface area contributed by atoms with E-state index in [1.54, 1.807) is 19.9 Å². The molecule has 2 N–H and O–H groups in total. The van der Waals surface area contributed by atoms with E-state index in [9.17, 15) is 24.6 Å². The molecule has 0 spiro atoms. The maximum atomic E-state index is 13.5. The van der Waals surface area contributed by atoms with Crippen LogP contribution in [0.4, 0.5) is 0 Å². The first-order chi connectivity index (χ1) is 15.6. The topological polar surface area (TPSA) is 123 Å². The van der Waals surface area contributed by atoms with E-state index >= 15 is 0 Å². The number of esters is 1. The fourth-order valence-electron chi connectivity index (χ4n) is 5.51. The van der Waals surface area contributed by atoms with Crippen molar-refractivity contribution in [3.8, 4) is 5.75 Å². The van der Waals surface area contributed by atoms with Gasteiger partial charge in [0.15, 0.2) is 17.7 Å². The number of aliphatic hydroxyl groups excluding tert-OH is 1. The lowest BCUT2D eigenvalue weighted by molar-refractivity contribution is -0.142. The number of ether oxygens (including phenoxy) is 3. The van der Waals surface area contributed by atoms with Crippen molar-refractivity contribution in [2.45, 2.75) is 69.4 Å². The first-order valence-corrected chi connectivity index (χ1v) is 11.1. The van der Waals surface area contributed by atoms with E-state index in [1.165, 1.54) is 6.07 Å². The van der Waals surface area contributed by atoms with Gasteiger partial charge in [0.1, 0.15) is 11.9 Å². The van der Waals surface area contributed by atoms with Crippen LogP contribution < -0.4 is 0 Å². The van der Waals surface area contributed by atoms with Gasteiger partial charge in [-0.15, -0.1) is 0 Å². The number of likely N-dealkylation sites (N-methyl/N-ethyl adjacent to an activating group) is 1. The Balaban J connectivity index is 1.57. The summed E-state index contributed by atoms with van der Waals surface area (Å²) in [4.78, 5) is 40.7. The lowest BCUT2D eigenvalue weighted by Crippen LogP contribution is -2.50. The molecule has 0 unspecified atom stereocenters. The summed E-state index contributed by atoms with van der Waals surface area (Å²) in [6.45, 7) is 3.41. The summed E-state index contributed by atoms with van der Waals surface area (Å²) in [5.74, 6) is -1.74. The predicted molar refractivity (Wildman–Crippen MR) is 114 cm³/mol. The largest absolute Gasteiger partial charge is 0.507 e. The lowest BCUT2D eigenvalue weighted by atomic mass is 9.76. The second-order valence-electron chi connectivity index (χ2n) is 9.43. The number of aliphatic hydroxyl groups is 1. The third-order valence-corrected chi connectivity index (χ3v) is 7.21. The van der Waals surface area contributed by atoms with Crippen LogP contribution in [0.1, 0.15) is 59.1 Å². The molecule has 7 atom stereocenters. The smallest absolute Gasteiger partial charge is 0.309 e. The number of Topliss-reactive ketones (excluding diaryl/α,β-unsaturated/α-hetero) is 2. The molecule has 2 saturated heterocycles. The van der Waals surface area contributed by atoms with Crippen molar-refractivity contribution in [1.82, 2.24) is 4.90 Å². The van der Waals surface area contributed by atoms with Gasteiger partial charge in [0.25, 0.3) is 0 Å². The number of carbonyl (C=O) groups is 3. The summed E-state index contributed by atoms with van der Waals surface area (Å²) in [5.41, 5.74) is 0.643. The molecule has 9 heteroatoms. The Labute approximate surface area is 190 Å². The molecule has 5 rings (SSSR count). The quantitative estimate of drug-likeness (QED) is 0.633. The SMILES string of the molecule is C[C@@H]1O[C@@H]2CC(=O)O[C@@H]2C2=C1C(=O)c1c(ccc([C@H]3C[C@H](N(C)C)[C@H](O)[C@@H](C)O3)c1O)C2=O. The Morgan fingerprint density at radius 1 is 1.03 bits per heavy atom. The average molecular weight is 457 g/mol. The van der Waals surface area contributed by atoms with Gasteiger partial charge in [0, 0.05) is 22.7 Å². The van der Waals surface area contributed by atoms with Gasteiger partial charge in [-0.25, -0.2) is 0 Å². The van der Waals surface area contributed by atoms with E-state index in [1.807, 2.05) is 19.0 Å². The van der Waals surface area contributed by atoms with Crippen LogP contribution >= 0.6 is 0 Å². The number of fused-ring (bicyclic) bond motifs is 3. The molecule has 1 aliphatic carbocycles. The highest BCUT2D eigenvalue weighted by atomic mass is 16.6. The molecule has 0 amide bonds. The molecule has 3 heterocycles. The molecule has 0 bridgehead atoms. The first-order valence-electron chi connectivity index (χ1n) is 11.1. The van der Waals surface area contributed by atoms with Crippen LogP contribution in [-0.2, 0) is 19.0 Å². The van der Waals surface area contributed by atoms with Crippen LogP contribution in [0.25, 0.3) is 0 Å². The van der Waals surface area contributed by atoms with Crippen LogP contribution in [0.3, 0.4) is 0 Å². The molecule has 1 aromatic carbocycles. The van der Waals surface area contributed by atoms with Crippen LogP contribution in [0, 0.1) is 0 Å². The van der Waals surface area contributed by atoms with Crippen molar-refractivity contribution in [3.05, 3.63) is 40.0 Å². The zero-order valence-corrected chi connectivity index (χ0v) is 18.9. The highest BCUT2D eigenvalue weighted by molar-refractivity contribution is 6.29. The summed E-state index contributed by atoms with van der Waals surface area (Å²) in [7, 11) is 3.72. The Morgan fingerprint density at radius 2 is 1.76 bits per heavy atom. The minimum absolute atomic E-state index is 0.0282. The van der Waals surface area contributed by atoms with Gasteiger partial charge in [-0.05, 0) is 40.4 Å². The molecule has 1 aromatic rings. The number of aromatic hydroxyl groups is 1. The standard InChI is InChI=1S/C24H27NO8/c1-9-17-19(24-15(31-9)8-16(26)33-24)22(29)12-6-5-11(21(28)18(12)23(17)30)14-7-13(25(3)4)20(27)10(2)32-14/h5-6,9-10,13-15,20,24,27-28H,7-8H2,1-4H3/t9-,10+,13-,14+,15+,20+,24-/m0/s1. The molecule has 0 saturated carbocycles. The normalized spacial score (nSPS) is 35.9. The average Bonchev–Trinajstić information content (AvgIpc) is 3.12. The minimum Gasteiger partial charge on any atom is -0.507 e. The predicted octanol–water partition coefficient (Wildman–Crippen LogP) is 1.31. The number of hydrogen-bond acceptors (Lipinski definition) is 9. The number of phenolic OH excluding ortho intramolecular Hbond substituents is 1. The lowest BCUT2D eigenvalue weighted by Gasteiger charge is -2.41. The van der Waals surface area contributed by atoms with Gasteiger partial charge in [0.05, 0.1) is 42.0 Å². The zero-order valence-electron chi connectivity index (χ0n) is 18.9. The molecule has 0 aromatic heterocycles. The Bertz CT molecular complexity index is 1090. The number of nitrogens with zero attached hydrogens (tertiary/aromatic N) is 1. The van der Waals surface area contributed by atoms with Crippen LogP contribution in [0.15, 0.2) is 23.3 Å². The van der Waals surface area contributed by atoms with E-state index in [0.717, 1.165) is 0 Å². The third kappa shape index (κ3) is 3.25. The highest BCUT2D eigenvalue weighted by Gasteiger charge is 2.51. The van der Waals surface area contributed by atoms with Gasteiger partial charge in [-0.3, -0.25) is 14.4 Å². The molecule has 2 fully saturated rings. The highest BCUT2D eigenvalue weighted by Crippen LogP contribution is 2.45. The summed E-state index contributed by atoms with van der Waals surface area (Å²) >= 11 is 0. The molecule has 3 aliphatic heterocycles. The van der Waals surface area contributed by atoms with Crippen molar-refractivity contribution in [2.24, 2.45) is 0 Å². The number of benzene rings is 1. The van der Waals surface area contributed by atoms with Crippen molar-refractivity contribution in [3.63, 3.8) is 0 Å². The molecular formula is C24H27NO8. The number of hydrogen-bond donors (Lipinski definition) is 2. The number of phenols is 1. The summed E-state index contributed by atoms with van der Waals surface area (Å²) in [6.07, 6.45) is -3.57. The van der Waals surface area contributed by atoms with Gasteiger partial charge in [-0.1, -0.05) is 6.07 Å². The molecular weight excluding hydrogens is 430 g/mol. The molecule has 176 valence electrons.